The van der Waals surface area contributed by atoms with E-state index < -0.39 is 0 Å². The Morgan fingerprint density at radius 1 is 1.08 bits per heavy atom. The molecule has 0 saturated carbocycles. The molecule has 4 nitrogen and oxygen atoms in total. The van der Waals surface area contributed by atoms with Crippen LogP contribution in [0.25, 0.3) is 10.9 Å². The lowest BCUT2D eigenvalue weighted by Crippen LogP contribution is -2.27. The quantitative estimate of drug-likeness (QED) is 0.703. The summed E-state index contributed by atoms with van der Waals surface area (Å²) < 4.78 is 5.74. The van der Waals surface area contributed by atoms with Crippen LogP contribution in [0.2, 0.25) is 0 Å². The van der Waals surface area contributed by atoms with E-state index in [-0.39, 0.29) is 5.91 Å². The number of carbonyl (C=O) groups is 1. The van der Waals surface area contributed by atoms with Crippen molar-refractivity contribution in [2.24, 2.45) is 0 Å². The number of benzene rings is 2. The first-order valence-electron chi connectivity index (χ1n) is 8.93. The normalized spacial score (nSPS) is 10.7. The molecule has 3 rings (SSSR count). The SMILES string of the molecule is Cc1cccc(OCCC(=O)NCCc2cccc3cccnc23)c1C. The molecule has 0 fully saturated rings. The molecule has 0 atom stereocenters. The second-order valence-corrected chi connectivity index (χ2v) is 6.39. The first-order chi connectivity index (χ1) is 12.6. The van der Waals surface area contributed by atoms with Gasteiger partial charge in [-0.3, -0.25) is 9.78 Å². The van der Waals surface area contributed by atoms with Crippen LogP contribution in [0, 0.1) is 13.8 Å². The van der Waals surface area contributed by atoms with Gasteiger partial charge in [-0.2, -0.15) is 0 Å². The molecule has 3 aromatic rings. The van der Waals surface area contributed by atoms with Gasteiger partial charge in [0.2, 0.25) is 5.91 Å². The van der Waals surface area contributed by atoms with Crippen molar-refractivity contribution in [3.63, 3.8) is 0 Å². The number of aromatic nitrogens is 1. The summed E-state index contributed by atoms with van der Waals surface area (Å²) >= 11 is 0. The minimum Gasteiger partial charge on any atom is -0.493 e. The molecular weight excluding hydrogens is 324 g/mol. The Kier molecular flexibility index (Phi) is 5.84. The number of fused-ring (bicyclic) bond motifs is 1. The second-order valence-electron chi connectivity index (χ2n) is 6.39. The van der Waals surface area contributed by atoms with Crippen LogP contribution in [0.1, 0.15) is 23.1 Å². The zero-order valence-corrected chi connectivity index (χ0v) is 15.3. The van der Waals surface area contributed by atoms with E-state index in [0.717, 1.165) is 34.2 Å². The average molecular weight is 348 g/mol. The average Bonchev–Trinajstić information content (AvgIpc) is 2.65. The zero-order chi connectivity index (χ0) is 18.4. The van der Waals surface area contributed by atoms with Gasteiger partial charge in [0.15, 0.2) is 0 Å². The van der Waals surface area contributed by atoms with Gasteiger partial charge in [0, 0.05) is 18.1 Å². The number of hydrogen-bond acceptors (Lipinski definition) is 3. The predicted molar refractivity (Wildman–Crippen MR) is 104 cm³/mol. The van der Waals surface area contributed by atoms with Crippen molar-refractivity contribution in [3.05, 3.63) is 71.4 Å². The van der Waals surface area contributed by atoms with Crippen LogP contribution < -0.4 is 10.1 Å². The van der Waals surface area contributed by atoms with Crippen LogP contribution in [0.3, 0.4) is 0 Å². The van der Waals surface area contributed by atoms with Gasteiger partial charge in [0.05, 0.1) is 18.5 Å². The summed E-state index contributed by atoms with van der Waals surface area (Å²) in [5.74, 6) is 0.850. The first-order valence-corrected chi connectivity index (χ1v) is 8.93. The minimum atomic E-state index is 0.00324. The van der Waals surface area contributed by atoms with E-state index >= 15 is 0 Å². The maximum atomic E-state index is 12.0. The lowest BCUT2D eigenvalue weighted by Gasteiger charge is -2.11. The summed E-state index contributed by atoms with van der Waals surface area (Å²) in [6.45, 7) is 5.06. The lowest BCUT2D eigenvalue weighted by molar-refractivity contribution is -0.121. The van der Waals surface area contributed by atoms with E-state index in [9.17, 15) is 4.79 Å². The molecule has 1 heterocycles. The van der Waals surface area contributed by atoms with E-state index in [4.69, 9.17) is 4.74 Å². The molecule has 1 N–H and O–H groups in total. The van der Waals surface area contributed by atoms with Crippen molar-refractivity contribution in [3.8, 4) is 5.75 Å². The molecule has 0 aliphatic rings. The highest BCUT2D eigenvalue weighted by Crippen LogP contribution is 2.20. The van der Waals surface area contributed by atoms with E-state index in [1.807, 2.05) is 31.2 Å². The van der Waals surface area contributed by atoms with Crippen molar-refractivity contribution in [2.45, 2.75) is 26.7 Å². The van der Waals surface area contributed by atoms with E-state index in [0.29, 0.717) is 19.6 Å². The number of carbonyl (C=O) groups excluding carboxylic acids is 1. The number of ether oxygens (including phenoxy) is 1. The van der Waals surface area contributed by atoms with Crippen molar-refractivity contribution in [2.75, 3.05) is 13.2 Å². The Hall–Kier alpha value is -2.88. The molecule has 0 spiro atoms. The third-order valence-corrected chi connectivity index (χ3v) is 4.57. The van der Waals surface area contributed by atoms with Crippen LogP contribution >= 0.6 is 0 Å². The van der Waals surface area contributed by atoms with Crippen LogP contribution in [-0.2, 0) is 11.2 Å². The fourth-order valence-corrected chi connectivity index (χ4v) is 2.93. The smallest absolute Gasteiger partial charge is 0.223 e. The highest BCUT2D eigenvalue weighted by molar-refractivity contribution is 5.81. The van der Waals surface area contributed by atoms with Gasteiger partial charge in [-0.15, -0.1) is 0 Å². The standard InChI is InChI=1S/C22H24N2O2/c1-16-6-3-10-20(17(16)2)26-15-12-21(25)23-14-11-19-8-4-7-18-9-5-13-24-22(18)19/h3-10,13H,11-12,14-15H2,1-2H3,(H,23,25). The van der Waals surface area contributed by atoms with Gasteiger partial charge in [0.1, 0.15) is 5.75 Å². The number of hydrogen-bond donors (Lipinski definition) is 1. The molecule has 4 heteroatoms. The molecule has 1 aromatic heterocycles. The number of rotatable bonds is 7. The molecule has 0 bridgehead atoms. The Balaban J connectivity index is 1.45. The molecule has 0 saturated heterocycles. The Morgan fingerprint density at radius 3 is 2.77 bits per heavy atom. The molecule has 0 radical (unpaired) electrons. The van der Waals surface area contributed by atoms with Crippen LogP contribution in [0.4, 0.5) is 0 Å². The van der Waals surface area contributed by atoms with E-state index in [1.165, 1.54) is 5.56 Å². The minimum absolute atomic E-state index is 0.00324. The molecule has 134 valence electrons. The van der Waals surface area contributed by atoms with Gasteiger partial charge in [-0.05, 0) is 49.1 Å². The van der Waals surface area contributed by atoms with Gasteiger partial charge in [-0.25, -0.2) is 0 Å². The van der Waals surface area contributed by atoms with Crippen molar-refractivity contribution in [1.82, 2.24) is 10.3 Å². The number of amides is 1. The fraction of sp³-hybridized carbons (Fsp3) is 0.273. The highest BCUT2D eigenvalue weighted by Gasteiger charge is 2.06. The summed E-state index contributed by atoms with van der Waals surface area (Å²) in [5.41, 5.74) is 4.46. The summed E-state index contributed by atoms with van der Waals surface area (Å²) in [6.07, 6.45) is 2.91. The molecule has 0 unspecified atom stereocenters. The number of para-hydroxylation sites is 1. The summed E-state index contributed by atoms with van der Waals surface area (Å²) in [4.78, 5) is 16.5. The van der Waals surface area contributed by atoms with E-state index in [2.05, 4.69) is 41.5 Å². The van der Waals surface area contributed by atoms with Crippen molar-refractivity contribution < 1.29 is 9.53 Å². The lowest BCUT2D eigenvalue weighted by atomic mass is 10.1. The van der Waals surface area contributed by atoms with Crippen LogP contribution in [0.15, 0.2) is 54.7 Å². The van der Waals surface area contributed by atoms with Crippen molar-refractivity contribution >= 4 is 16.8 Å². The first kappa shape index (κ1) is 17.9. The molecular formula is C22H24N2O2. The fourth-order valence-electron chi connectivity index (χ4n) is 2.93. The maximum absolute atomic E-state index is 12.0. The number of nitrogens with zero attached hydrogens (tertiary/aromatic N) is 1. The Morgan fingerprint density at radius 2 is 1.88 bits per heavy atom. The number of nitrogens with one attached hydrogen (secondary N) is 1. The third kappa shape index (κ3) is 4.39. The summed E-state index contributed by atoms with van der Waals surface area (Å²) in [6, 6.07) is 16.1. The summed E-state index contributed by atoms with van der Waals surface area (Å²) in [7, 11) is 0. The Labute approximate surface area is 154 Å². The van der Waals surface area contributed by atoms with Gasteiger partial charge >= 0.3 is 0 Å². The molecule has 1 amide bonds. The largest absolute Gasteiger partial charge is 0.493 e. The van der Waals surface area contributed by atoms with Gasteiger partial charge < -0.3 is 10.1 Å². The molecule has 0 aliphatic heterocycles. The third-order valence-electron chi connectivity index (χ3n) is 4.57. The van der Waals surface area contributed by atoms with Crippen LogP contribution in [0.5, 0.6) is 5.75 Å². The monoisotopic (exact) mass is 348 g/mol. The maximum Gasteiger partial charge on any atom is 0.223 e. The van der Waals surface area contributed by atoms with E-state index in [1.54, 1.807) is 6.20 Å². The highest BCUT2D eigenvalue weighted by atomic mass is 16.5. The predicted octanol–water partition coefficient (Wildman–Crippen LogP) is 3.98. The summed E-state index contributed by atoms with van der Waals surface area (Å²) in [5, 5.41) is 4.08. The van der Waals surface area contributed by atoms with Gasteiger partial charge in [0.25, 0.3) is 0 Å². The number of pyridine rings is 1. The topological polar surface area (TPSA) is 51.2 Å². The second kappa shape index (κ2) is 8.48. The molecule has 2 aromatic carbocycles. The van der Waals surface area contributed by atoms with Gasteiger partial charge in [-0.1, -0.05) is 36.4 Å². The van der Waals surface area contributed by atoms with Crippen molar-refractivity contribution in [1.29, 1.82) is 0 Å². The Bertz CT molecular complexity index is 900. The molecule has 26 heavy (non-hydrogen) atoms. The molecule has 0 aliphatic carbocycles. The zero-order valence-electron chi connectivity index (χ0n) is 15.3. The number of aryl methyl sites for hydroxylation is 1. The van der Waals surface area contributed by atoms with Crippen LogP contribution in [-0.4, -0.2) is 24.0 Å².